The maximum absolute atomic E-state index is 6.00. The van der Waals surface area contributed by atoms with Gasteiger partial charge in [0.1, 0.15) is 0 Å². The summed E-state index contributed by atoms with van der Waals surface area (Å²) in [5.41, 5.74) is 7.41. The zero-order valence-electron chi connectivity index (χ0n) is 12.6. The molecule has 2 atom stereocenters. The van der Waals surface area contributed by atoms with E-state index in [1.54, 1.807) is 0 Å². The van der Waals surface area contributed by atoms with Gasteiger partial charge in [0.25, 0.3) is 0 Å². The summed E-state index contributed by atoms with van der Waals surface area (Å²) in [7, 11) is 0. The Balaban J connectivity index is 1.84. The average molecular weight is 276 g/mol. The van der Waals surface area contributed by atoms with E-state index in [4.69, 9.17) is 10.5 Å². The Hall–Kier alpha value is -0.900. The first-order chi connectivity index (χ1) is 9.83. The number of benzene rings is 1. The number of hydrogen-bond donors (Lipinski definition) is 1. The average Bonchev–Trinajstić information content (AvgIpc) is 2.50. The summed E-state index contributed by atoms with van der Waals surface area (Å²) in [6, 6.07) is 11.2. The highest BCUT2D eigenvalue weighted by Crippen LogP contribution is 2.18. The highest BCUT2D eigenvalue weighted by Gasteiger charge is 2.25. The molecule has 0 bridgehead atoms. The molecule has 0 saturated carbocycles. The molecule has 0 aromatic heterocycles. The van der Waals surface area contributed by atoms with E-state index in [0.29, 0.717) is 12.1 Å². The van der Waals surface area contributed by atoms with Crippen LogP contribution in [0.15, 0.2) is 30.3 Å². The van der Waals surface area contributed by atoms with E-state index < -0.39 is 0 Å². The van der Waals surface area contributed by atoms with Crippen molar-refractivity contribution in [2.75, 3.05) is 26.2 Å². The SMILES string of the molecule is CCOC1CCCN(C(CN)CCc2ccccc2)C1. The minimum Gasteiger partial charge on any atom is -0.377 e. The van der Waals surface area contributed by atoms with Crippen LogP contribution >= 0.6 is 0 Å². The molecule has 1 aliphatic rings. The normalized spacial score (nSPS) is 21.8. The van der Waals surface area contributed by atoms with Crippen LogP contribution in [0.1, 0.15) is 31.7 Å². The van der Waals surface area contributed by atoms with Gasteiger partial charge in [0.15, 0.2) is 0 Å². The van der Waals surface area contributed by atoms with Crippen molar-refractivity contribution in [2.45, 2.75) is 44.8 Å². The van der Waals surface area contributed by atoms with Crippen molar-refractivity contribution in [3.8, 4) is 0 Å². The van der Waals surface area contributed by atoms with Crippen LogP contribution < -0.4 is 5.73 Å². The van der Waals surface area contributed by atoms with Gasteiger partial charge in [-0.1, -0.05) is 30.3 Å². The highest BCUT2D eigenvalue weighted by molar-refractivity contribution is 5.14. The van der Waals surface area contributed by atoms with Crippen LogP contribution in [0, 0.1) is 0 Å². The molecular formula is C17H28N2O. The summed E-state index contributed by atoms with van der Waals surface area (Å²) in [5, 5.41) is 0. The molecule has 2 N–H and O–H groups in total. The summed E-state index contributed by atoms with van der Waals surface area (Å²) in [6.07, 6.45) is 5.07. The molecule has 0 spiro atoms. The topological polar surface area (TPSA) is 38.5 Å². The number of hydrogen-bond acceptors (Lipinski definition) is 3. The highest BCUT2D eigenvalue weighted by atomic mass is 16.5. The fourth-order valence-electron chi connectivity index (χ4n) is 3.10. The van der Waals surface area contributed by atoms with Gasteiger partial charge >= 0.3 is 0 Å². The molecule has 1 aromatic carbocycles. The van der Waals surface area contributed by atoms with Gasteiger partial charge in [0.2, 0.25) is 0 Å². The first-order valence-electron chi connectivity index (χ1n) is 7.93. The Morgan fingerprint density at radius 2 is 2.15 bits per heavy atom. The van der Waals surface area contributed by atoms with Crippen molar-refractivity contribution < 1.29 is 4.74 Å². The summed E-state index contributed by atoms with van der Waals surface area (Å²) in [6.45, 7) is 5.85. The van der Waals surface area contributed by atoms with Crippen molar-refractivity contribution >= 4 is 0 Å². The molecule has 2 unspecified atom stereocenters. The molecule has 0 aliphatic carbocycles. The van der Waals surface area contributed by atoms with Crippen LogP contribution in [0.25, 0.3) is 0 Å². The predicted octanol–water partition coefficient (Wildman–Crippen LogP) is 2.45. The van der Waals surface area contributed by atoms with Gasteiger partial charge in [-0.25, -0.2) is 0 Å². The maximum atomic E-state index is 6.00. The maximum Gasteiger partial charge on any atom is 0.0702 e. The predicted molar refractivity (Wildman–Crippen MR) is 83.8 cm³/mol. The van der Waals surface area contributed by atoms with Gasteiger partial charge < -0.3 is 10.5 Å². The lowest BCUT2D eigenvalue weighted by Gasteiger charge is -2.37. The molecule has 0 radical (unpaired) electrons. The van der Waals surface area contributed by atoms with Crippen LogP contribution in [0.3, 0.4) is 0 Å². The van der Waals surface area contributed by atoms with Crippen LogP contribution in [0.5, 0.6) is 0 Å². The van der Waals surface area contributed by atoms with E-state index in [0.717, 1.165) is 32.5 Å². The van der Waals surface area contributed by atoms with E-state index in [-0.39, 0.29) is 0 Å². The van der Waals surface area contributed by atoms with Crippen LogP contribution in [-0.2, 0) is 11.2 Å². The molecule has 3 nitrogen and oxygen atoms in total. The quantitative estimate of drug-likeness (QED) is 0.831. The molecule has 20 heavy (non-hydrogen) atoms. The van der Waals surface area contributed by atoms with Gasteiger partial charge in [0, 0.05) is 25.7 Å². The van der Waals surface area contributed by atoms with Crippen molar-refractivity contribution in [3.05, 3.63) is 35.9 Å². The Labute approximate surface area is 123 Å². The Morgan fingerprint density at radius 3 is 2.85 bits per heavy atom. The monoisotopic (exact) mass is 276 g/mol. The molecule has 3 heteroatoms. The Morgan fingerprint density at radius 1 is 1.35 bits per heavy atom. The zero-order chi connectivity index (χ0) is 14.2. The van der Waals surface area contributed by atoms with Gasteiger partial charge in [-0.2, -0.15) is 0 Å². The molecule has 1 heterocycles. The number of aryl methyl sites for hydroxylation is 1. The summed E-state index contributed by atoms with van der Waals surface area (Å²) in [4.78, 5) is 2.53. The van der Waals surface area contributed by atoms with Crippen molar-refractivity contribution in [1.29, 1.82) is 0 Å². The molecular weight excluding hydrogens is 248 g/mol. The minimum atomic E-state index is 0.402. The molecule has 1 aromatic rings. The summed E-state index contributed by atoms with van der Waals surface area (Å²) >= 11 is 0. The third kappa shape index (κ3) is 4.58. The molecule has 1 fully saturated rings. The second-order valence-electron chi connectivity index (χ2n) is 5.63. The zero-order valence-corrected chi connectivity index (χ0v) is 12.6. The number of likely N-dealkylation sites (tertiary alicyclic amines) is 1. The van der Waals surface area contributed by atoms with Crippen molar-refractivity contribution in [3.63, 3.8) is 0 Å². The third-order valence-corrected chi connectivity index (χ3v) is 4.21. The largest absolute Gasteiger partial charge is 0.377 e. The van der Waals surface area contributed by atoms with E-state index in [1.807, 2.05) is 0 Å². The molecule has 112 valence electrons. The van der Waals surface area contributed by atoms with Gasteiger partial charge in [-0.3, -0.25) is 4.90 Å². The Kier molecular flexibility index (Phi) is 6.51. The molecule has 0 amide bonds. The van der Waals surface area contributed by atoms with Crippen LogP contribution in [0.2, 0.25) is 0 Å². The third-order valence-electron chi connectivity index (χ3n) is 4.21. The van der Waals surface area contributed by atoms with Gasteiger partial charge in [-0.05, 0) is 44.7 Å². The number of rotatable bonds is 7. The molecule has 1 aliphatic heterocycles. The smallest absolute Gasteiger partial charge is 0.0702 e. The standard InChI is InChI=1S/C17H28N2O/c1-2-20-17-9-6-12-19(14-17)16(13-18)11-10-15-7-4-3-5-8-15/h3-5,7-8,16-17H,2,6,9-14,18H2,1H3. The fraction of sp³-hybridized carbons (Fsp3) is 0.647. The van der Waals surface area contributed by atoms with E-state index in [1.165, 1.54) is 24.9 Å². The fourth-order valence-corrected chi connectivity index (χ4v) is 3.10. The summed E-state index contributed by atoms with van der Waals surface area (Å²) in [5.74, 6) is 0. The minimum absolute atomic E-state index is 0.402. The van der Waals surface area contributed by atoms with Gasteiger partial charge in [0.05, 0.1) is 6.10 Å². The van der Waals surface area contributed by atoms with Crippen molar-refractivity contribution in [1.82, 2.24) is 4.90 Å². The Bertz CT molecular complexity index is 367. The van der Waals surface area contributed by atoms with E-state index in [9.17, 15) is 0 Å². The number of nitrogens with zero attached hydrogens (tertiary/aromatic N) is 1. The van der Waals surface area contributed by atoms with Crippen LogP contribution in [0.4, 0.5) is 0 Å². The lowest BCUT2D eigenvalue weighted by atomic mass is 10.0. The lowest BCUT2D eigenvalue weighted by molar-refractivity contribution is -0.00720. The second kappa shape index (κ2) is 8.40. The van der Waals surface area contributed by atoms with Gasteiger partial charge in [-0.15, -0.1) is 0 Å². The van der Waals surface area contributed by atoms with Crippen LogP contribution in [-0.4, -0.2) is 43.3 Å². The number of nitrogens with two attached hydrogens (primary N) is 1. The van der Waals surface area contributed by atoms with E-state index >= 15 is 0 Å². The van der Waals surface area contributed by atoms with Crippen molar-refractivity contribution in [2.24, 2.45) is 5.73 Å². The first-order valence-corrected chi connectivity index (χ1v) is 7.93. The summed E-state index contributed by atoms with van der Waals surface area (Å²) < 4.78 is 5.79. The number of piperidine rings is 1. The first kappa shape index (κ1) is 15.5. The molecule has 1 saturated heterocycles. The molecule has 2 rings (SSSR count). The number of ether oxygens (including phenoxy) is 1. The lowest BCUT2D eigenvalue weighted by Crippen LogP contribution is -2.48. The second-order valence-corrected chi connectivity index (χ2v) is 5.63. The van der Waals surface area contributed by atoms with E-state index in [2.05, 4.69) is 42.2 Å².